The molecule has 0 aliphatic carbocycles. The van der Waals surface area contributed by atoms with Gasteiger partial charge in [0.05, 0.1) is 31.1 Å². The number of carbonyl (C=O) groups is 1. The molecule has 0 bridgehead atoms. The van der Waals surface area contributed by atoms with Gasteiger partial charge in [-0.2, -0.15) is 10.2 Å². The number of aromatic nitrogens is 2. The van der Waals surface area contributed by atoms with E-state index in [1.807, 2.05) is 24.3 Å². The van der Waals surface area contributed by atoms with Crippen molar-refractivity contribution in [1.29, 1.82) is 0 Å². The Kier molecular flexibility index (Phi) is 4.49. The predicted octanol–water partition coefficient (Wildman–Crippen LogP) is 2.00. The van der Waals surface area contributed by atoms with Crippen molar-refractivity contribution in [3.05, 3.63) is 53.9 Å². The van der Waals surface area contributed by atoms with Crippen LogP contribution in [0.2, 0.25) is 0 Å². The van der Waals surface area contributed by atoms with Crippen LogP contribution in [0.3, 0.4) is 0 Å². The van der Waals surface area contributed by atoms with Gasteiger partial charge >= 0.3 is 0 Å². The molecule has 0 unspecified atom stereocenters. The predicted molar refractivity (Wildman–Crippen MR) is 88.7 cm³/mol. The first kappa shape index (κ1) is 16.4. The topological polar surface area (TPSA) is 75.6 Å². The maximum absolute atomic E-state index is 12.8. The van der Waals surface area contributed by atoms with E-state index in [-0.39, 0.29) is 11.9 Å². The summed E-state index contributed by atoms with van der Waals surface area (Å²) in [5.74, 6) is 0.609. The van der Waals surface area contributed by atoms with Crippen LogP contribution in [0.25, 0.3) is 0 Å². The number of ether oxygens (including phenoxy) is 1. The van der Waals surface area contributed by atoms with E-state index in [9.17, 15) is 9.90 Å². The molecule has 0 spiro atoms. The minimum Gasteiger partial charge on any atom is -0.497 e. The Morgan fingerprint density at radius 2 is 2.04 bits per heavy atom. The van der Waals surface area contributed by atoms with Crippen molar-refractivity contribution in [2.24, 2.45) is 0 Å². The molecule has 24 heavy (non-hydrogen) atoms. The molecule has 1 aliphatic rings. The Hall–Kier alpha value is -2.47. The number of amides is 1. The van der Waals surface area contributed by atoms with Gasteiger partial charge in [0.15, 0.2) is 0 Å². The number of likely N-dealkylation sites (tertiary alicyclic amines) is 1. The number of aliphatic hydroxyl groups is 1. The number of carbonyl (C=O) groups excluding carboxylic acids is 1. The van der Waals surface area contributed by atoms with E-state index in [2.05, 4.69) is 10.2 Å². The summed E-state index contributed by atoms with van der Waals surface area (Å²) in [6, 6.07) is 8.68. The number of nitrogens with zero attached hydrogens (tertiary/aromatic N) is 3. The molecule has 126 valence electrons. The molecule has 2 atom stereocenters. The van der Waals surface area contributed by atoms with Gasteiger partial charge < -0.3 is 14.7 Å². The minimum atomic E-state index is -1.14. The largest absolute Gasteiger partial charge is 0.497 e. The van der Waals surface area contributed by atoms with Crippen LogP contribution in [0, 0.1) is 0 Å². The lowest BCUT2D eigenvalue weighted by atomic mass is 9.86. The monoisotopic (exact) mass is 327 g/mol. The second-order valence-corrected chi connectivity index (χ2v) is 6.16. The van der Waals surface area contributed by atoms with E-state index in [1.54, 1.807) is 25.0 Å². The zero-order valence-electron chi connectivity index (χ0n) is 13.8. The van der Waals surface area contributed by atoms with Crippen LogP contribution in [0.5, 0.6) is 5.75 Å². The Labute approximate surface area is 141 Å². The van der Waals surface area contributed by atoms with Crippen LogP contribution < -0.4 is 4.74 Å². The van der Waals surface area contributed by atoms with Crippen molar-refractivity contribution in [3.63, 3.8) is 0 Å². The summed E-state index contributed by atoms with van der Waals surface area (Å²) in [6.45, 7) is 2.38. The van der Waals surface area contributed by atoms with Crippen LogP contribution >= 0.6 is 0 Å². The molecular weight excluding hydrogens is 306 g/mol. The van der Waals surface area contributed by atoms with Crippen molar-refractivity contribution in [2.45, 2.75) is 31.4 Å². The Bertz CT molecular complexity index is 701. The first-order valence-electron chi connectivity index (χ1n) is 7.98. The van der Waals surface area contributed by atoms with E-state index >= 15 is 0 Å². The van der Waals surface area contributed by atoms with Crippen molar-refractivity contribution in [3.8, 4) is 5.75 Å². The third-order valence-corrected chi connectivity index (χ3v) is 4.67. The highest BCUT2D eigenvalue weighted by Gasteiger charge is 2.42. The van der Waals surface area contributed by atoms with E-state index in [4.69, 9.17) is 4.74 Å². The third-order valence-electron chi connectivity index (χ3n) is 4.67. The highest BCUT2D eigenvalue weighted by atomic mass is 16.5. The molecule has 1 amide bonds. The summed E-state index contributed by atoms with van der Waals surface area (Å²) in [5, 5.41) is 18.6. The SMILES string of the molecule is COc1ccc([C@@](C)(O)[C@@H]2CCCN2C(=O)c2ccnnc2)cc1. The molecule has 6 heteroatoms. The van der Waals surface area contributed by atoms with Gasteiger partial charge in [-0.25, -0.2) is 0 Å². The van der Waals surface area contributed by atoms with Gasteiger partial charge in [-0.05, 0) is 43.5 Å². The number of benzene rings is 1. The van der Waals surface area contributed by atoms with E-state index in [0.717, 1.165) is 24.2 Å². The van der Waals surface area contributed by atoms with Gasteiger partial charge in [-0.15, -0.1) is 0 Å². The molecule has 1 fully saturated rings. The quantitative estimate of drug-likeness (QED) is 0.929. The Balaban J connectivity index is 1.87. The number of rotatable bonds is 4. The lowest BCUT2D eigenvalue weighted by Crippen LogP contribution is -2.48. The van der Waals surface area contributed by atoms with Gasteiger partial charge in [0, 0.05) is 6.54 Å². The van der Waals surface area contributed by atoms with Crippen molar-refractivity contribution in [1.82, 2.24) is 15.1 Å². The second kappa shape index (κ2) is 6.57. The zero-order chi connectivity index (χ0) is 17.2. The lowest BCUT2D eigenvalue weighted by Gasteiger charge is -2.37. The number of hydrogen-bond acceptors (Lipinski definition) is 5. The molecule has 1 aromatic carbocycles. The Morgan fingerprint density at radius 1 is 1.29 bits per heavy atom. The number of methoxy groups -OCH3 is 1. The van der Waals surface area contributed by atoms with Crippen LogP contribution in [-0.2, 0) is 5.60 Å². The third kappa shape index (κ3) is 2.97. The van der Waals surface area contributed by atoms with Gasteiger partial charge in [0.2, 0.25) is 0 Å². The standard InChI is InChI=1S/C18H21N3O3/c1-18(23,14-5-7-15(24-2)8-6-14)16-4-3-11-21(16)17(22)13-9-10-19-20-12-13/h5-10,12,16,23H,3-4,11H2,1-2H3/t16-,18+/m0/s1. The molecule has 2 aromatic rings. The summed E-state index contributed by atoms with van der Waals surface area (Å²) >= 11 is 0. The fourth-order valence-electron chi connectivity index (χ4n) is 3.30. The summed E-state index contributed by atoms with van der Waals surface area (Å²) in [6.07, 6.45) is 4.57. The highest BCUT2D eigenvalue weighted by molar-refractivity contribution is 5.94. The van der Waals surface area contributed by atoms with Crippen molar-refractivity contribution in [2.75, 3.05) is 13.7 Å². The van der Waals surface area contributed by atoms with E-state index in [1.165, 1.54) is 12.4 Å². The van der Waals surface area contributed by atoms with Crippen molar-refractivity contribution >= 4 is 5.91 Å². The van der Waals surface area contributed by atoms with Gasteiger partial charge in [-0.1, -0.05) is 12.1 Å². The lowest BCUT2D eigenvalue weighted by molar-refractivity contribution is -0.0177. The van der Waals surface area contributed by atoms with Crippen LogP contribution in [-0.4, -0.2) is 45.8 Å². The van der Waals surface area contributed by atoms with Gasteiger partial charge in [0.25, 0.3) is 5.91 Å². The maximum atomic E-state index is 12.8. The molecular formula is C18H21N3O3. The van der Waals surface area contributed by atoms with E-state index in [0.29, 0.717) is 12.1 Å². The van der Waals surface area contributed by atoms with Crippen LogP contribution in [0.15, 0.2) is 42.7 Å². The summed E-state index contributed by atoms with van der Waals surface area (Å²) in [5.41, 5.74) is 0.113. The van der Waals surface area contributed by atoms with E-state index < -0.39 is 5.60 Å². The van der Waals surface area contributed by atoms with Crippen molar-refractivity contribution < 1.29 is 14.6 Å². The Morgan fingerprint density at radius 3 is 2.67 bits per heavy atom. The average molecular weight is 327 g/mol. The van der Waals surface area contributed by atoms with Crippen LogP contribution in [0.4, 0.5) is 0 Å². The normalized spacial score (nSPS) is 19.8. The molecule has 1 N–H and O–H groups in total. The summed E-state index contributed by atoms with van der Waals surface area (Å²) in [7, 11) is 1.60. The van der Waals surface area contributed by atoms with Crippen LogP contribution in [0.1, 0.15) is 35.7 Å². The average Bonchev–Trinajstić information content (AvgIpc) is 3.12. The second-order valence-electron chi connectivity index (χ2n) is 6.16. The molecule has 0 saturated carbocycles. The van der Waals surface area contributed by atoms with Gasteiger partial charge in [-0.3, -0.25) is 4.79 Å². The molecule has 3 rings (SSSR count). The minimum absolute atomic E-state index is 0.124. The fourth-order valence-corrected chi connectivity index (χ4v) is 3.30. The first-order valence-corrected chi connectivity index (χ1v) is 7.98. The first-order chi connectivity index (χ1) is 11.5. The smallest absolute Gasteiger partial charge is 0.255 e. The summed E-state index contributed by atoms with van der Waals surface area (Å²) in [4.78, 5) is 14.5. The zero-order valence-corrected chi connectivity index (χ0v) is 13.8. The highest BCUT2D eigenvalue weighted by Crippen LogP contribution is 2.36. The summed E-state index contributed by atoms with van der Waals surface area (Å²) < 4.78 is 5.17. The number of hydrogen-bond donors (Lipinski definition) is 1. The molecule has 1 saturated heterocycles. The molecule has 0 radical (unpaired) electrons. The van der Waals surface area contributed by atoms with Gasteiger partial charge in [0.1, 0.15) is 11.4 Å². The fraction of sp³-hybridized carbons (Fsp3) is 0.389. The molecule has 6 nitrogen and oxygen atoms in total. The maximum Gasteiger partial charge on any atom is 0.255 e. The molecule has 1 aromatic heterocycles. The molecule has 1 aliphatic heterocycles. The molecule has 2 heterocycles.